The lowest BCUT2D eigenvalue weighted by molar-refractivity contribution is 0.0930. The summed E-state index contributed by atoms with van der Waals surface area (Å²) in [4.78, 5) is 16.5. The molecule has 3 rings (SSSR count). The molecule has 18 heavy (non-hydrogen) atoms. The van der Waals surface area contributed by atoms with Gasteiger partial charge in [0.2, 0.25) is 0 Å². The number of nitrogens with zero attached hydrogens (tertiary/aromatic N) is 1. The average molecular weight is 258 g/mol. The Balaban J connectivity index is 1.80. The quantitative estimate of drug-likeness (QED) is 0.860. The number of carbonyl (C=O) groups is 1. The van der Waals surface area contributed by atoms with E-state index in [2.05, 4.69) is 10.3 Å². The summed E-state index contributed by atoms with van der Waals surface area (Å²) in [6, 6.07) is 7.78. The Hall–Kier alpha value is -1.52. The number of thiazole rings is 1. The van der Waals surface area contributed by atoms with Crippen molar-refractivity contribution in [1.29, 1.82) is 0 Å². The van der Waals surface area contributed by atoms with Gasteiger partial charge in [-0.2, -0.15) is 0 Å². The van der Waals surface area contributed by atoms with E-state index >= 15 is 0 Å². The number of hydrogen-bond acceptors (Lipinski definition) is 4. The minimum atomic E-state index is 0.148. The zero-order valence-corrected chi connectivity index (χ0v) is 10.7. The van der Waals surface area contributed by atoms with Gasteiger partial charge in [-0.25, -0.2) is 4.98 Å². The normalized spacial score (nSPS) is 19.0. The minimum absolute atomic E-state index is 0.148. The molecule has 1 fully saturated rings. The van der Waals surface area contributed by atoms with Gasteiger partial charge >= 0.3 is 0 Å². The van der Waals surface area contributed by atoms with Gasteiger partial charge in [0.15, 0.2) is 5.78 Å². The number of benzene rings is 1. The summed E-state index contributed by atoms with van der Waals surface area (Å²) in [5.74, 6) is 0.403. The van der Waals surface area contributed by atoms with Gasteiger partial charge in [-0.1, -0.05) is 24.3 Å². The van der Waals surface area contributed by atoms with Gasteiger partial charge in [-0.15, -0.1) is 11.3 Å². The number of hydrogen-bond donors (Lipinski definition) is 1. The van der Waals surface area contributed by atoms with Crippen LogP contribution in [0.4, 0.5) is 0 Å². The second-order valence-electron chi connectivity index (χ2n) is 4.51. The Bertz CT molecular complexity index is 527. The highest BCUT2D eigenvalue weighted by atomic mass is 32.1. The molecule has 1 aliphatic rings. The topological polar surface area (TPSA) is 42.0 Å². The molecule has 0 spiro atoms. The number of rotatable bonds is 3. The number of Topliss-reactive ketones (excluding diaryl/α,β-unsaturated/α-hetero) is 1. The minimum Gasteiger partial charge on any atom is -0.316 e. The van der Waals surface area contributed by atoms with Crippen LogP contribution in [-0.2, 0) is 0 Å². The van der Waals surface area contributed by atoms with Crippen molar-refractivity contribution in [2.75, 3.05) is 13.1 Å². The highest BCUT2D eigenvalue weighted by molar-refractivity contribution is 7.07. The van der Waals surface area contributed by atoms with Gasteiger partial charge < -0.3 is 5.32 Å². The van der Waals surface area contributed by atoms with Crippen molar-refractivity contribution in [2.24, 2.45) is 5.92 Å². The van der Waals surface area contributed by atoms with Crippen LogP contribution in [0.2, 0.25) is 0 Å². The highest BCUT2D eigenvalue weighted by Crippen LogP contribution is 2.21. The fraction of sp³-hybridized carbons (Fsp3) is 0.286. The van der Waals surface area contributed by atoms with Gasteiger partial charge in [0.25, 0.3) is 0 Å². The SMILES string of the molecule is O=C(c1ccc(-c2cscn2)cc1)C1CCNC1. The van der Waals surface area contributed by atoms with E-state index in [-0.39, 0.29) is 11.7 Å². The predicted octanol–water partition coefficient (Wildman–Crippen LogP) is 2.60. The van der Waals surface area contributed by atoms with Crippen LogP contribution in [0.25, 0.3) is 11.3 Å². The van der Waals surface area contributed by atoms with E-state index in [1.165, 1.54) is 0 Å². The molecule has 1 atom stereocenters. The van der Waals surface area contributed by atoms with Crippen LogP contribution in [-0.4, -0.2) is 23.9 Å². The lowest BCUT2D eigenvalue weighted by Gasteiger charge is -2.07. The van der Waals surface area contributed by atoms with E-state index in [4.69, 9.17) is 0 Å². The van der Waals surface area contributed by atoms with E-state index < -0.39 is 0 Å². The molecular weight excluding hydrogens is 244 g/mol. The van der Waals surface area contributed by atoms with Crippen molar-refractivity contribution in [3.63, 3.8) is 0 Å². The molecule has 1 aromatic carbocycles. The third kappa shape index (κ3) is 2.21. The fourth-order valence-corrected chi connectivity index (χ4v) is 2.84. The first-order valence-electron chi connectivity index (χ1n) is 6.08. The summed E-state index contributed by atoms with van der Waals surface area (Å²) in [5.41, 5.74) is 4.67. The first kappa shape index (κ1) is 11.6. The summed E-state index contributed by atoms with van der Waals surface area (Å²) in [6.07, 6.45) is 0.951. The molecule has 0 saturated carbocycles. The zero-order chi connectivity index (χ0) is 12.4. The van der Waals surface area contributed by atoms with Crippen LogP contribution in [0.5, 0.6) is 0 Å². The van der Waals surface area contributed by atoms with E-state index in [1.54, 1.807) is 11.3 Å². The molecule has 1 saturated heterocycles. The summed E-state index contributed by atoms with van der Waals surface area (Å²) >= 11 is 1.58. The van der Waals surface area contributed by atoms with Crippen LogP contribution in [0.15, 0.2) is 35.2 Å². The van der Waals surface area contributed by atoms with Crippen molar-refractivity contribution >= 4 is 17.1 Å². The largest absolute Gasteiger partial charge is 0.316 e. The van der Waals surface area contributed by atoms with Crippen molar-refractivity contribution in [3.8, 4) is 11.3 Å². The lowest BCUT2D eigenvalue weighted by Crippen LogP contribution is -2.17. The zero-order valence-electron chi connectivity index (χ0n) is 9.93. The molecule has 1 aliphatic heterocycles. The van der Waals surface area contributed by atoms with E-state index in [1.807, 2.05) is 35.2 Å². The summed E-state index contributed by atoms with van der Waals surface area (Å²) in [6.45, 7) is 1.76. The maximum Gasteiger partial charge on any atom is 0.167 e. The Labute approximate surface area is 110 Å². The molecule has 1 aromatic heterocycles. The van der Waals surface area contributed by atoms with Crippen LogP contribution in [0.1, 0.15) is 16.8 Å². The molecule has 4 heteroatoms. The summed E-state index contributed by atoms with van der Waals surface area (Å²) in [7, 11) is 0. The molecule has 0 amide bonds. The number of ketones is 1. The van der Waals surface area contributed by atoms with Gasteiger partial charge in [-0.3, -0.25) is 4.79 Å². The van der Waals surface area contributed by atoms with Crippen molar-refractivity contribution in [3.05, 3.63) is 40.7 Å². The lowest BCUT2D eigenvalue weighted by atomic mass is 9.96. The maximum absolute atomic E-state index is 12.2. The predicted molar refractivity (Wildman–Crippen MR) is 72.9 cm³/mol. The summed E-state index contributed by atoms with van der Waals surface area (Å²) < 4.78 is 0. The van der Waals surface area contributed by atoms with Crippen molar-refractivity contribution in [2.45, 2.75) is 6.42 Å². The third-order valence-electron chi connectivity index (χ3n) is 3.33. The third-order valence-corrected chi connectivity index (χ3v) is 3.92. The smallest absolute Gasteiger partial charge is 0.167 e. The molecule has 0 aliphatic carbocycles. The Kier molecular flexibility index (Phi) is 3.21. The first-order chi connectivity index (χ1) is 8.84. The standard InChI is InChI=1S/C14H14N2OS/c17-14(12-5-6-15-7-12)11-3-1-10(2-4-11)13-8-18-9-16-13/h1-4,8-9,12,15H,5-7H2. The number of aromatic nitrogens is 1. The Morgan fingerprint density at radius 1 is 1.33 bits per heavy atom. The molecule has 2 aromatic rings. The molecule has 92 valence electrons. The molecule has 2 heterocycles. The van der Waals surface area contributed by atoms with Crippen molar-refractivity contribution in [1.82, 2.24) is 10.3 Å². The molecule has 0 radical (unpaired) electrons. The maximum atomic E-state index is 12.2. The van der Waals surface area contributed by atoms with Crippen LogP contribution in [0.3, 0.4) is 0 Å². The monoisotopic (exact) mass is 258 g/mol. The molecule has 0 bridgehead atoms. The van der Waals surface area contributed by atoms with E-state index in [0.29, 0.717) is 0 Å². The molecule has 3 nitrogen and oxygen atoms in total. The molecule has 1 N–H and O–H groups in total. The van der Waals surface area contributed by atoms with Gasteiger partial charge in [0, 0.05) is 29.0 Å². The van der Waals surface area contributed by atoms with Crippen LogP contribution in [0, 0.1) is 5.92 Å². The summed E-state index contributed by atoms with van der Waals surface area (Å²) in [5, 5.41) is 5.24. The second-order valence-corrected chi connectivity index (χ2v) is 5.22. The number of nitrogens with one attached hydrogen (secondary N) is 1. The average Bonchev–Trinajstić information content (AvgIpc) is 3.11. The number of carbonyl (C=O) groups excluding carboxylic acids is 1. The highest BCUT2D eigenvalue weighted by Gasteiger charge is 2.23. The van der Waals surface area contributed by atoms with E-state index in [9.17, 15) is 4.79 Å². The van der Waals surface area contributed by atoms with E-state index in [0.717, 1.165) is 36.3 Å². The van der Waals surface area contributed by atoms with Gasteiger partial charge in [-0.05, 0) is 13.0 Å². The molecular formula is C14H14N2OS. The Morgan fingerprint density at radius 3 is 2.78 bits per heavy atom. The molecule has 1 unspecified atom stereocenters. The van der Waals surface area contributed by atoms with Gasteiger partial charge in [0.05, 0.1) is 11.2 Å². The first-order valence-corrected chi connectivity index (χ1v) is 7.02. The van der Waals surface area contributed by atoms with Crippen LogP contribution < -0.4 is 5.32 Å². The van der Waals surface area contributed by atoms with Crippen LogP contribution >= 0.6 is 11.3 Å². The second kappa shape index (κ2) is 5.00. The fourth-order valence-electron chi connectivity index (χ4n) is 2.27. The van der Waals surface area contributed by atoms with Gasteiger partial charge in [0.1, 0.15) is 0 Å². The Morgan fingerprint density at radius 2 is 2.17 bits per heavy atom. The van der Waals surface area contributed by atoms with Crippen molar-refractivity contribution < 1.29 is 4.79 Å².